The van der Waals surface area contributed by atoms with Crippen LogP contribution < -0.4 is 0 Å². The topological polar surface area (TPSA) is 27.0 Å². The Morgan fingerprint density at radius 2 is 1.65 bits per heavy atom. The van der Waals surface area contributed by atoms with Gasteiger partial charge in [-0.25, -0.2) is 0 Å². The van der Waals surface area contributed by atoms with Crippen molar-refractivity contribution in [3.63, 3.8) is 0 Å². The lowest BCUT2D eigenvalue weighted by Gasteiger charge is -2.40. The normalized spacial score (nSPS) is 29.2. The summed E-state index contributed by atoms with van der Waals surface area (Å²) in [5.41, 5.74) is 0. The minimum atomic E-state index is 0.349. The van der Waals surface area contributed by atoms with Gasteiger partial charge in [0.1, 0.15) is 0 Å². The van der Waals surface area contributed by atoms with E-state index in [1.54, 1.807) is 0 Å². The summed E-state index contributed by atoms with van der Waals surface area (Å²) >= 11 is 0. The summed E-state index contributed by atoms with van der Waals surface area (Å²) in [5, 5.41) is 8.98. The first-order valence-electron chi connectivity index (χ1n) is 8.97. The van der Waals surface area contributed by atoms with Gasteiger partial charge in [-0.3, -0.25) is 0 Å². The van der Waals surface area contributed by atoms with Crippen molar-refractivity contribution in [2.75, 3.05) is 13.1 Å². The molecule has 114 valence electrons. The SMILES string of the molecule is CCCCCCC1CCN([C@H]2CC[C@H](C#N)CC2)CC1. The first kappa shape index (κ1) is 15.8. The Morgan fingerprint density at radius 1 is 0.950 bits per heavy atom. The zero-order valence-corrected chi connectivity index (χ0v) is 13.3. The van der Waals surface area contributed by atoms with Gasteiger partial charge in [-0.05, 0) is 57.5 Å². The van der Waals surface area contributed by atoms with Gasteiger partial charge in [-0.2, -0.15) is 5.26 Å². The van der Waals surface area contributed by atoms with Crippen molar-refractivity contribution in [3.8, 4) is 6.07 Å². The number of hydrogen-bond acceptors (Lipinski definition) is 2. The summed E-state index contributed by atoms with van der Waals surface area (Å²) in [4.78, 5) is 2.73. The highest BCUT2D eigenvalue weighted by molar-refractivity contribution is 4.90. The molecule has 0 bridgehead atoms. The largest absolute Gasteiger partial charge is 0.300 e. The highest BCUT2D eigenvalue weighted by Crippen LogP contribution is 2.31. The zero-order chi connectivity index (χ0) is 14.2. The fraction of sp³-hybridized carbons (Fsp3) is 0.944. The number of hydrogen-bond donors (Lipinski definition) is 0. The molecule has 0 N–H and O–H groups in total. The van der Waals surface area contributed by atoms with Gasteiger partial charge in [0, 0.05) is 12.0 Å². The fourth-order valence-electron chi connectivity index (χ4n) is 4.04. The number of nitriles is 1. The Hall–Kier alpha value is -0.550. The lowest BCUT2D eigenvalue weighted by molar-refractivity contribution is 0.0975. The van der Waals surface area contributed by atoms with Crippen molar-refractivity contribution in [3.05, 3.63) is 0 Å². The van der Waals surface area contributed by atoms with Crippen LogP contribution in [0.2, 0.25) is 0 Å². The summed E-state index contributed by atoms with van der Waals surface area (Å²) in [7, 11) is 0. The smallest absolute Gasteiger partial charge is 0.0655 e. The van der Waals surface area contributed by atoms with Crippen LogP contribution in [0, 0.1) is 23.2 Å². The minimum Gasteiger partial charge on any atom is -0.300 e. The molecule has 0 atom stereocenters. The molecule has 0 aromatic heterocycles. The monoisotopic (exact) mass is 276 g/mol. The Labute approximate surface area is 125 Å². The number of piperidine rings is 1. The van der Waals surface area contributed by atoms with Crippen LogP contribution in [0.25, 0.3) is 0 Å². The second-order valence-electron chi connectivity index (χ2n) is 6.96. The lowest BCUT2D eigenvalue weighted by atomic mass is 9.84. The summed E-state index contributed by atoms with van der Waals surface area (Å²) in [6.45, 7) is 4.93. The van der Waals surface area contributed by atoms with Crippen molar-refractivity contribution < 1.29 is 0 Å². The van der Waals surface area contributed by atoms with Crippen molar-refractivity contribution in [1.82, 2.24) is 4.90 Å². The molecule has 0 radical (unpaired) electrons. The Kier molecular flexibility index (Phi) is 6.87. The third kappa shape index (κ3) is 4.77. The lowest BCUT2D eigenvalue weighted by Crippen LogP contribution is -2.43. The van der Waals surface area contributed by atoms with Gasteiger partial charge in [-0.1, -0.05) is 39.0 Å². The maximum atomic E-state index is 8.98. The second kappa shape index (κ2) is 8.67. The van der Waals surface area contributed by atoms with E-state index in [0.717, 1.165) is 24.8 Å². The molecule has 20 heavy (non-hydrogen) atoms. The van der Waals surface area contributed by atoms with Crippen LogP contribution in [0.4, 0.5) is 0 Å². The average molecular weight is 276 g/mol. The Bertz CT molecular complexity index is 291. The van der Waals surface area contributed by atoms with Crippen LogP contribution in [0.3, 0.4) is 0 Å². The van der Waals surface area contributed by atoms with Gasteiger partial charge in [0.2, 0.25) is 0 Å². The molecule has 0 unspecified atom stereocenters. The van der Waals surface area contributed by atoms with E-state index in [0.29, 0.717) is 5.92 Å². The molecule has 1 saturated carbocycles. The minimum absolute atomic E-state index is 0.349. The first-order valence-corrected chi connectivity index (χ1v) is 8.97. The quantitative estimate of drug-likeness (QED) is 0.654. The maximum absolute atomic E-state index is 8.98. The standard InChI is InChI=1S/C18H32N2/c1-2-3-4-5-6-16-11-13-20(14-12-16)18-9-7-17(15-19)8-10-18/h16-18H,2-14H2,1H3/t17-,18-. The third-order valence-corrected chi connectivity index (χ3v) is 5.51. The number of rotatable bonds is 6. The van der Waals surface area contributed by atoms with Crippen LogP contribution in [-0.2, 0) is 0 Å². The van der Waals surface area contributed by atoms with Gasteiger partial charge in [0.05, 0.1) is 6.07 Å². The third-order valence-electron chi connectivity index (χ3n) is 5.51. The van der Waals surface area contributed by atoms with Gasteiger partial charge >= 0.3 is 0 Å². The van der Waals surface area contributed by atoms with Gasteiger partial charge in [0.15, 0.2) is 0 Å². The fourth-order valence-corrected chi connectivity index (χ4v) is 4.04. The van der Waals surface area contributed by atoms with E-state index < -0.39 is 0 Å². The molecular weight excluding hydrogens is 244 g/mol. The summed E-state index contributed by atoms with van der Waals surface area (Å²) in [5.74, 6) is 1.35. The summed E-state index contributed by atoms with van der Waals surface area (Å²) in [6, 6.07) is 3.24. The molecule has 2 rings (SSSR count). The van der Waals surface area contributed by atoms with E-state index in [-0.39, 0.29) is 0 Å². The molecule has 2 fully saturated rings. The molecule has 0 amide bonds. The molecule has 0 aromatic carbocycles. The molecular formula is C18H32N2. The van der Waals surface area contributed by atoms with Crippen LogP contribution in [0.5, 0.6) is 0 Å². The van der Waals surface area contributed by atoms with E-state index in [4.69, 9.17) is 5.26 Å². The number of unbranched alkanes of at least 4 members (excludes halogenated alkanes) is 3. The highest BCUT2D eigenvalue weighted by Gasteiger charge is 2.28. The van der Waals surface area contributed by atoms with Crippen molar-refractivity contribution in [2.24, 2.45) is 11.8 Å². The van der Waals surface area contributed by atoms with Gasteiger partial charge in [0.25, 0.3) is 0 Å². The van der Waals surface area contributed by atoms with Crippen LogP contribution in [0.15, 0.2) is 0 Å². The summed E-state index contributed by atoms with van der Waals surface area (Å²) < 4.78 is 0. The highest BCUT2D eigenvalue weighted by atomic mass is 15.2. The van der Waals surface area contributed by atoms with Crippen LogP contribution >= 0.6 is 0 Å². The maximum Gasteiger partial charge on any atom is 0.0655 e. The molecule has 1 aliphatic carbocycles. The molecule has 0 spiro atoms. The van der Waals surface area contributed by atoms with Gasteiger partial charge < -0.3 is 4.90 Å². The number of nitrogens with zero attached hydrogens (tertiary/aromatic N) is 2. The van der Waals surface area contributed by atoms with E-state index in [2.05, 4.69) is 17.9 Å². The molecule has 2 aliphatic rings. The molecule has 1 heterocycles. The van der Waals surface area contributed by atoms with Crippen molar-refractivity contribution in [1.29, 1.82) is 5.26 Å². The van der Waals surface area contributed by atoms with E-state index >= 15 is 0 Å². The average Bonchev–Trinajstić information content (AvgIpc) is 2.52. The molecule has 2 heteroatoms. The second-order valence-corrected chi connectivity index (χ2v) is 6.96. The van der Waals surface area contributed by atoms with Gasteiger partial charge in [-0.15, -0.1) is 0 Å². The van der Waals surface area contributed by atoms with Crippen molar-refractivity contribution >= 4 is 0 Å². The predicted molar refractivity (Wildman–Crippen MR) is 84.4 cm³/mol. The molecule has 1 aliphatic heterocycles. The summed E-state index contributed by atoms with van der Waals surface area (Å²) in [6.07, 6.45) is 14.8. The van der Waals surface area contributed by atoms with Crippen LogP contribution in [0.1, 0.15) is 77.6 Å². The van der Waals surface area contributed by atoms with E-state index in [1.807, 2.05) is 0 Å². The van der Waals surface area contributed by atoms with Crippen LogP contribution in [-0.4, -0.2) is 24.0 Å². The Morgan fingerprint density at radius 3 is 2.25 bits per heavy atom. The van der Waals surface area contributed by atoms with E-state index in [9.17, 15) is 0 Å². The van der Waals surface area contributed by atoms with E-state index in [1.165, 1.54) is 70.9 Å². The molecule has 0 aromatic rings. The van der Waals surface area contributed by atoms with Crippen molar-refractivity contribution in [2.45, 2.75) is 83.6 Å². The predicted octanol–water partition coefficient (Wildman–Crippen LogP) is 4.75. The number of likely N-dealkylation sites (tertiary alicyclic amines) is 1. The zero-order valence-electron chi connectivity index (χ0n) is 13.3. The first-order chi connectivity index (χ1) is 9.83. The molecule has 2 nitrogen and oxygen atoms in total. The Balaban J connectivity index is 1.61. The molecule has 1 saturated heterocycles.